The number of halogens is 1. The van der Waals surface area contributed by atoms with Gasteiger partial charge in [-0.25, -0.2) is 4.98 Å². The molecule has 2 rings (SSSR count). The second-order valence-corrected chi connectivity index (χ2v) is 5.55. The van der Waals surface area contributed by atoms with Crippen molar-refractivity contribution in [1.29, 1.82) is 0 Å². The van der Waals surface area contributed by atoms with Crippen LogP contribution in [0.4, 0.5) is 5.69 Å². The number of hydrogen-bond acceptors (Lipinski definition) is 4. The van der Waals surface area contributed by atoms with Crippen molar-refractivity contribution < 1.29 is 9.90 Å². The number of nitrogens with zero attached hydrogens (tertiary/aromatic N) is 2. The van der Waals surface area contributed by atoms with E-state index in [-0.39, 0.29) is 24.5 Å². The van der Waals surface area contributed by atoms with Crippen molar-refractivity contribution in [1.82, 2.24) is 9.88 Å². The highest BCUT2D eigenvalue weighted by atomic mass is 35.5. The number of amides is 1. The Hall–Kier alpha value is -1.17. The van der Waals surface area contributed by atoms with E-state index >= 15 is 0 Å². The predicted octanol–water partition coefficient (Wildman–Crippen LogP) is 1.77. The lowest BCUT2D eigenvalue weighted by molar-refractivity contribution is -0.121. The Labute approximate surface area is 123 Å². The molecule has 6 heteroatoms. The summed E-state index contributed by atoms with van der Waals surface area (Å²) in [6.45, 7) is 3.69. The van der Waals surface area contributed by atoms with E-state index in [1.54, 1.807) is 18.3 Å². The van der Waals surface area contributed by atoms with Crippen molar-refractivity contribution in [2.24, 2.45) is 5.92 Å². The van der Waals surface area contributed by atoms with E-state index in [2.05, 4.69) is 15.2 Å². The molecule has 1 aromatic rings. The Bertz CT molecular complexity index is 469. The molecule has 0 aliphatic carbocycles. The molecule has 2 atom stereocenters. The Morgan fingerprint density at radius 3 is 3.20 bits per heavy atom. The van der Waals surface area contributed by atoms with Crippen molar-refractivity contribution in [2.45, 2.75) is 25.8 Å². The number of aliphatic hydroxyl groups is 1. The number of carbonyl (C=O) groups is 1. The molecule has 2 heterocycles. The van der Waals surface area contributed by atoms with Gasteiger partial charge in [-0.2, -0.15) is 0 Å². The molecule has 2 N–H and O–H groups in total. The molecule has 1 aliphatic heterocycles. The minimum Gasteiger partial charge on any atom is -0.396 e. The third-order valence-electron chi connectivity index (χ3n) is 3.75. The zero-order chi connectivity index (χ0) is 14.5. The van der Waals surface area contributed by atoms with E-state index in [0.29, 0.717) is 10.8 Å². The quantitative estimate of drug-likeness (QED) is 0.831. The summed E-state index contributed by atoms with van der Waals surface area (Å²) >= 11 is 5.93. The Kier molecular flexibility index (Phi) is 5.34. The van der Waals surface area contributed by atoms with Gasteiger partial charge in [-0.1, -0.05) is 11.6 Å². The standard InChI is InChI=1S/C14H20ClN3O2/c1-10(18-7-3-4-11(8-18)9-19)14(20)17-12-5-2-6-16-13(12)15/h2,5-6,10-11,19H,3-4,7-9H2,1H3,(H,17,20). The molecular formula is C14H20ClN3O2. The lowest BCUT2D eigenvalue weighted by Crippen LogP contribution is -2.47. The molecule has 110 valence electrons. The van der Waals surface area contributed by atoms with Crippen LogP contribution in [0.5, 0.6) is 0 Å². The zero-order valence-corrected chi connectivity index (χ0v) is 12.3. The molecule has 0 bridgehead atoms. The maximum Gasteiger partial charge on any atom is 0.241 e. The van der Waals surface area contributed by atoms with E-state index < -0.39 is 0 Å². The topological polar surface area (TPSA) is 65.5 Å². The summed E-state index contributed by atoms with van der Waals surface area (Å²) in [4.78, 5) is 18.3. The van der Waals surface area contributed by atoms with Gasteiger partial charge in [0.15, 0.2) is 5.15 Å². The number of carbonyl (C=O) groups excluding carboxylic acids is 1. The second-order valence-electron chi connectivity index (χ2n) is 5.19. The van der Waals surface area contributed by atoms with Crippen molar-refractivity contribution in [3.05, 3.63) is 23.5 Å². The Morgan fingerprint density at radius 1 is 1.70 bits per heavy atom. The summed E-state index contributed by atoms with van der Waals surface area (Å²) in [5, 5.41) is 12.3. The zero-order valence-electron chi connectivity index (χ0n) is 11.6. The first kappa shape index (κ1) is 15.2. The van der Waals surface area contributed by atoms with Gasteiger partial charge in [0.1, 0.15) is 0 Å². The van der Waals surface area contributed by atoms with Crippen LogP contribution in [0.2, 0.25) is 5.15 Å². The van der Waals surface area contributed by atoms with Gasteiger partial charge in [0.05, 0.1) is 11.7 Å². The number of aliphatic hydroxyl groups excluding tert-OH is 1. The average Bonchev–Trinajstić information content (AvgIpc) is 2.48. The molecule has 0 aromatic carbocycles. The van der Waals surface area contributed by atoms with Crippen LogP contribution >= 0.6 is 11.6 Å². The van der Waals surface area contributed by atoms with Gasteiger partial charge in [0.2, 0.25) is 5.91 Å². The summed E-state index contributed by atoms with van der Waals surface area (Å²) < 4.78 is 0. The largest absolute Gasteiger partial charge is 0.396 e. The van der Waals surface area contributed by atoms with Crippen molar-refractivity contribution in [3.8, 4) is 0 Å². The lowest BCUT2D eigenvalue weighted by atomic mass is 9.97. The van der Waals surface area contributed by atoms with Crippen molar-refractivity contribution >= 4 is 23.2 Å². The number of pyridine rings is 1. The summed E-state index contributed by atoms with van der Waals surface area (Å²) in [7, 11) is 0. The van der Waals surface area contributed by atoms with Gasteiger partial charge in [-0.3, -0.25) is 9.69 Å². The van der Waals surface area contributed by atoms with Gasteiger partial charge in [0.25, 0.3) is 0 Å². The van der Waals surface area contributed by atoms with Crippen LogP contribution in [0.25, 0.3) is 0 Å². The monoisotopic (exact) mass is 297 g/mol. The molecule has 1 aromatic heterocycles. The summed E-state index contributed by atoms with van der Waals surface area (Å²) in [6.07, 6.45) is 3.62. The molecular weight excluding hydrogens is 278 g/mol. The molecule has 1 fully saturated rings. The maximum absolute atomic E-state index is 12.3. The first-order valence-corrected chi connectivity index (χ1v) is 7.26. The molecule has 0 radical (unpaired) electrons. The van der Waals surface area contributed by atoms with Crippen LogP contribution in [0, 0.1) is 5.92 Å². The first-order valence-electron chi connectivity index (χ1n) is 6.88. The number of hydrogen-bond donors (Lipinski definition) is 2. The van der Waals surface area contributed by atoms with Gasteiger partial charge >= 0.3 is 0 Å². The van der Waals surface area contributed by atoms with Crippen LogP contribution in [0.3, 0.4) is 0 Å². The van der Waals surface area contributed by atoms with Crippen LogP contribution in [-0.2, 0) is 4.79 Å². The normalized spacial score (nSPS) is 21.4. The smallest absolute Gasteiger partial charge is 0.241 e. The number of aromatic nitrogens is 1. The maximum atomic E-state index is 12.3. The number of nitrogens with one attached hydrogen (secondary N) is 1. The summed E-state index contributed by atoms with van der Waals surface area (Å²) in [6, 6.07) is 3.21. The van der Waals surface area contributed by atoms with E-state index in [1.807, 2.05) is 6.92 Å². The number of anilines is 1. The SMILES string of the molecule is CC(C(=O)Nc1cccnc1Cl)N1CCCC(CO)C1. The third kappa shape index (κ3) is 3.69. The highest BCUT2D eigenvalue weighted by molar-refractivity contribution is 6.32. The molecule has 0 spiro atoms. The van der Waals surface area contributed by atoms with Crippen molar-refractivity contribution in [3.63, 3.8) is 0 Å². The van der Waals surface area contributed by atoms with Gasteiger partial charge in [0, 0.05) is 19.3 Å². The molecule has 2 unspecified atom stereocenters. The summed E-state index contributed by atoms with van der Waals surface area (Å²) in [5.41, 5.74) is 0.529. The summed E-state index contributed by atoms with van der Waals surface area (Å²) in [5.74, 6) is 0.166. The van der Waals surface area contributed by atoms with Crippen LogP contribution in [0.15, 0.2) is 18.3 Å². The minimum absolute atomic E-state index is 0.0986. The minimum atomic E-state index is -0.249. The van der Waals surface area contributed by atoms with E-state index in [1.165, 1.54) is 0 Å². The van der Waals surface area contributed by atoms with E-state index in [9.17, 15) is 9.90 Å². The first-order chi connectivity index (χ1) is 9.61. The fourth-order valence-electron chi connectivity index (χ4n) is 2.48. The second kappa shape index (κ2) is 7.02. The molecule has 0 saturated carbocycles. The molecule has 1 aliphatic rings. The fraction of sp³-hybridized carbons (Fsp3) is 0.571. The molecule has 1 saturated heterocycles. The third-order valence-corrected chi connectivity index (χ3v) is 4.05. The van der Waals surface area contributed by atoms with E-state index in [0.717, 1.165) is 25.9 Å². The Morgan fingerprint density at radius 2 is 2.50 bits per heavy atom. The van der Waals surface area contributed by atoms with E-state index in [4.69, 9.17) is 11.6 Å². The van der Waals surface area contributed by atoms with Crippen LogP contribution in [-0.4, -0.2) is 46.6 Å². The highest BCUT2D eigenvalue weighted by Crippen LogP contribution is 2.21. The fourth-order valence-corrected chi connectivity index (χ4v) is 2.65. The molecule has 20 heavy (non-hydrogen) atoms. The van der Waals surface area contributed by atoms with Crippen LogP contribution in [0.1, 0.15) is 19.8 Å². The van der Waals surface area contributed by atoms with Gasteiger partial charge < -0.3 is 10.4 Å². The van der Waals surface area contributed by atoms with Gasteiger partial charge in [-0.05, 0) is 44.4 Å². The Balaban J connectivity index is 1.96. The highest BCUT2D eigenvalue weighted by Gasteiger charge is 2.27. The van der Waals surface area contributed by atoms with Crippen molar-refractivity contribution in [2.75, 3.05) is 25.0 Å². The number of likely N-dealkylation sites (tertiary alicyclic amines) is 1. The lowest BCUT2D eigenvalue weighted by Gasteiger charge is -2.35. The molecule has 1 amide bonds. The average molecular weight is 298 g/mol. The van der Waals surface area contributed by atoms with Gasteiger partial charge in [-0.15, -0.1) is 0 Å². The number of piperidine rings is 1. The molecule has 5 nitrogen and oxygen atoms in total. The van der Waals surface area contributed by atoms with Crippen LogP contribution < -0.4 is 5.32 Å². The predicted molar refractivity (Wildman–Crippen MR) is 78.7 cm³/mol. The number of rotatable bonds is 4.